The Balaban J connectivity index is 1.50. The molecule has 3 heterocycles. The summed E-state index contributed by atoms with van der Waals surface area (Å²) in [5.74, 6) is 0.682. The average molecular weight is 498 g/mol. The van der Waals surface area contributed by atoms with Crippen molar-refractivity contribution in [2.45, 2.75) is 44.2 Å². The van der Waals surface area contributed by atoms with E-state index < -0.39 is 10.0 Å². The molecule has 32 heavy (non-hydrogen) atoms. The monoisotopic (exact) mass is 497 g/mol. The zero-order valence-electron chi connectivity index (χ0n) is 17.7. The fourth-order valence-corrected chi connectivity index (χ4v) is 6.83. The van der Waals surface area contributed by atoms with E-state index in [1.807, 2.05) is 11.5 Å². The third-order valence-corrected chi connectivity index (χ3v) is 8.63. The van der Waals surface area contributed by atoms with E-state index in [1.54, 1.807) is 18.5 Å². The largest absolute Gasteiger partial charge is 0.361 e. The second kappa shape index (κ2) is 9.30. The van der Waals surface area contributed by atoms with Gasteiger partial charge in [-0.3, -0.25) is 4.79 Å². The van der Waals surface area contributed by atoms with Crippen molar-refractivity contribution in [2.24, 2.45) is 0 Å². The molecule has 1 amide bonds. The summed E-state index contributed by atoms with van der Waals surface area (Å²) in [4.78, 5) is 15.9. The van der Waals surface area contributed by atoms with Gasteiger partial charge in [0.15, 0.2) is 5.13 Å². The van der Waals surface area contributed by atoms with E-state index in [2.05, 4.69) is 25.8 Å². The molecule has 0 radical (unpaired) electrons. The summed E-state index contributed by atoms with van der Waals surface area (Å²) < 4.78 is 30.9. The van der Waals surface area contributed by atoms with Gasteiger partial charge >= 0.3 is 0 Å². The topological polar surface area (TPSA) is 122 Å². The first kappa shape index (κ1) is 22.9. The van der Waals surface area contributed by atoms with Crippen LogP contribution < -0.4 is 10.6 Å². The second-order valence-electron chi connectivity index (χ2n) is 7.64. The van der Waals surface area contributed by atoms with Gasteiger partial charge < -0.3 is 15.2 Å². The number of nitrogens with zero attached hydrogens (tertiary/aromatic N) is 5. The van der Waals surface area contributed by atoms with Crippen LogP contribution in [0.5, 0.6) is 0 Å². The number of hydrogen-bond donors (Lipinski definition) is 2. The first-order chi connectivity index (χ1) is 15.3. The molecule has 0 spiro atoms. The Bertz CT molecular complexity index is 1240. The van der Waals surface area contributed by atoms with Gasteiger partial charge in [0.1, 0.15) is 22.6 Å². The number of anilines is 1. The van der Waals surface area contributed by atoms with Crippen LogP contribution in [0.4, 0.5) is 5.13 Å². The van der Waals surface area contributed by atoms with Crippen LogP contribution in [0.3, 0.4) is 0 Å². The molecule has 1 atom stereocenters. The highest BCUT2D eigenvalue weighted by Crippen LogP contribution is 2.37. The van der Waals surface area contributed by atoms with Gasteiger partial charge in [0.05, 0.1) is 9.72 Å². The molecule has 1 aromatic carbocycles. The molecule has 0 aliphatic carbocycles. The zero-order valence-corrected chi connectivity index (χ0v) is 20.1. The van der Waals surface area contributed by atoms with Crippen LogP contribution in [0.2, 0.25) is 5.02 Å². The van der Waals surface area contributed by atoms with Crippen molar-refractivity contribution >= 4 is 54.2 Å². The number of rotatable bonds is 8. The summed E-state index contributed by atoms with van der Waals surface area (Å²) in [6, 6.07) is 3.17. The predicted octanol–water partition coefficient (Wildman–Crippen LogP) is 2.25. The molecule has 13 heteroatoms. The van der Waals surface area contributed by atoms with Crippen molar-refractivity contribution in [1.29, 1.82) is 0 Å². The maximum Gasteiger partial charge on any atom is 0.246 e. The minimum Gasteiger partial charge on any atom is -0.361 e. The summed E-state index contributed by atoms with van der Waals surface area (Å²) in [7, 11) is -3.86. The zero-order chi connectivity index (χ0) is 22.9. The molecule has 2 aromatic heterocycles. The molecule has 0 bridgehead atoms. The summed E-state index contributed by atoms with van der Waals surface area (Å²) in [5.41, 5.74) is 0.364. The SMILES string of the molecule is CC(=O)NC1CCN(S(=O)(=O)c2c(Cl)ccc3sc(NCCCn4cnnc4C)nc23)C1. The lowest BCUT2D eigenvalue weighted by Gasteiger charge is -2.18. The standard InChI is InChI=1S/C19H24ClN7O3S2/c1-12-25-22-11-26(12)8-3-7-21-19-24-17-16(31-19)5-4-15(20)18(17)32(29,30)27-9-6-14(10-27)23-13(2)28/h4-5,11,14H,3,6-10H2,1-2H3,(H,21,24)(H,23,28). The molecule has 3 aromatic rings. The van der Waals surface area contributed by atoms with Crippen molar-refractivity contribution in [1.82, 2.24) is 29.4 Å². The molecule has 0 saturated carbocycles. The number of sulfonamides is 1. The number of aromatic nitrogens is 4. The van der Waals surface area contributed by atoms with E-state index in [1.165, 1.54) is 22.6 Å². The Hall–Kier alpha value is -2.28. The Morgan fingerprint density at radius 2 is 2.19 bits per heavy atom. The van der Waals surface area contributed by atoms with E-state index >= 15 is 0 Å². The fourth-order valence-electron chi connectivity index (χ4n) is 3.72. The lowest BCUT2D eigenvalue weighted by atomic mass is 10.3. The smallest absolute Gasteiger partial charge is 0.246 e. The number of fused-ring (bicyclic) bond motifs is 1. The van der Waals surface area contributed by atoms with E-state index in [-0.39, 0.29) is 28.4 Å². The normalized spacial score (nSPS) is 17.2. The van der Waals surface area contributed by atoms with Crippen LogP contribution in [0.1, 0.15) is 25.6 Å². The Kier molecular flexibility index (Phi) is 6.65. The number of benzene rings is 1. The number of carbonyl (C=O) groups excluding carboxylic acids is 1. The highest BCUT2D eigenvalue weighted by atomic mass is 35.5. The first-order valence-electron chi connectivity index (χ1n) is 10.2. The molecule has 1 saturated heterocycles. The summed E-state index contributed by atoms with van der Waals surface area (Å²) in [5, 5.41) is 14.7. The number of halogens is 1. The van der Waals surface area contributed by atoms with Gasteiger partial charge in [-0.25, -0.2) is 13.4 Å². The van der Waals surface area contributed by atoms with Gasteiger partial charge in [-0.1, -0.05) is 22.9 Å². The lowest BCUT2D eigenvalue weighted by molar-refractivity contribution is -0.119. The number of nitrogens with one attached hydrogen (secondary N) is 2. The number of aryl methyl sites for hydroxylation is 2. The van der Waals surface area contributed by atoms with Gasteiger partial charge in [0.25, 0.3) is 0 Å². The Morgan fingerprint density at radius 3 is 2.91 bits per heavy atom. The van der Waals surface area contributed by atoms with Crippen LogP contribution in [0.25, 0.3) is 10.2 Å². The predicted molar refractivity (Wildman–Crippen MR) is 123 cm³/mol. The van der Waals surface area contributed by atoms with E-state index in [9.17, 15) is 13.2 Å². The molecule has 1 aliphatic heterocycles. The second-order valence-corrected chi connectivity index (χ2v) is 11.0. The minimum absolute atomic E-state index is 0.0181. The average Bonchev–Trinajstić information content (AvgIpc) is 3.44. The molecular formula is C19H24ClN7O3S2. The number of amides is 1. The van der Waals surface area contributed by atoms with E-state index in [4.69, 9.17) is 11.6 Å². The van der Waals surface area contributed by atoms with Gasteiger partial charge in [-0.05, 0) is 31.9 Å². The van der Waals surface area contributed by atoms with Crippen molar-refractivity contribution in [3.05, 3.63) is 29.3 Å². The quantitative estimate of drug-likeness (QED) is 0.457. The third kappa shape index (κ3) is 4.72. The molecule has 2 N–H and O–H groups in total. The molecule has 1 fully saturated rings. The first-order valence-corrected chi connectivity index (χ1v) is 12.8. The number of hydrogen-bond acceptors (Lipinski definition) is 8. The summed E-state index contributed by atoms with van der Waals surface area (Å²) in [6.45, 7) is 5.29. The van der Waals surface area contributed by atoms with E-state index in [0.29, 0.717) is 30.2 Å². The van der Waals surface area contributed by atoms with Crippen molar-refractivity contribution in [2.75, 3.05) is 25.0 Å². The molecular weight excluding hydrogens is 474 g/mol. The van der Waals surface area contributed by atoms with Crippen LogP contribution in [-0.4, -0.2) is 64.1 Å². The molecule has 172 valence electrons. The highest BCUT2D eigenvalue weighted by molar-refractivity contribution is 7.89. The highest BCUT2D eigenvalue weighted by Gasteiger charge is 2.36. The Morgan fingerprint density at radius 1 is 1.38 bits per heavy atom. The van der Waals surface area contributed by atoms with Gasteiger partial charge in [0, 0.05) is 39.1 Å². The number of carbonyl (C=O) groups is 1. The lowest BCUT2D eigenvalue weighted by Crippen LogP contribution is -2.37. The molecule has 10 nitrogen and oxygen atoms in total. The third-order valence-electron chi connectivity index (χ3n) is 5.28. The molecule has 1 aliphatic rings. The van der Waals surface area contributed by atoms with Gasteiger partial charge in [0.2, 0.25) is 15.9 Å². The van der Waals surface area contributed by atoms with Crippen molar-refractivity contribution in [3.63, 3.8) is 0 Å². The van der Waals surface area contributed by atoms with Crippen molar-refractivity contribution in [3.8, 4) is 0 Å². The number of thiazole rings is 1. The van der Waals surface area contributed by atoms with Crippen molar-refractivity contribution < 1.29 is 13.2 Å². The maximum absolute atomic E-state index is 13.4. The fraction of sp³-hybridized carbons (Fsp3) is 0.474. The van der Waals surface area contributed by atoms with Crippen LogP contribution >= 0.6 is 22.9 Å². The van der Waals surface area contributed by atoms with E-state index in [0.717, 1.165) is 23.5 Å². The summed E-state index contributed by atoms with van der Waals surface area (Å²) in [6.07, 6.45) is 3.09. The Labute approximate surface area is 195 Å². The molecule has 4 rings (SSSR count). The van der Waals surface area contributed by atoms with Crippen LogP contribution in [0.15, 0.2) is 23.4 Å². The summed E-state index contributed by atoms with van der Waals surface area (Å²) >= 11 is 7.74. The van der Waals surface area contributed by atoms with Gasteiger partial charge in [-0.2, -0.15) is 4.31 Å². The van der Waals surface area contributed by atoms with Crippen LogP contribution in [-0.2, 0) is 21.4 Å². The van der Waals surface area contributed by atoms with Crippen LogP contribution in [0, 0.1) is 6.92 Å². The minimum atomic E-state index is -3.86. The van der Waals surface area contributed by atoms with Gasteiger partial charge in [-0.15, -0.1) is 10.2 Å². The molecule has 1 unspecified atom stereocenters. The maximum atomic E-state index is 13.4.